The van der Waals surface area contributed by atoms with Gasteiger partial charge in [-0.15, -0.1) is 0 Å². The van der Waals surface area contributed by atoms with Crippen LogP contribution in [0.5, 0.6) is 0 Å². The number of carbonyl (C=O) groups excluding carboxylic acids is 1. The lowest BCUT2D eigenvalue weighted by Crippen LogP contribution is -2.11. The average Bonchev–Trinajstić information content (AvgIpc) is 2.47. The first-order valence-corrected chi connectivity index (χ1v) is 6.83. The smallest absolute Gasteiger partial charge is 0.341 e. The molecule has 0 saturated carbocycles. The van der Waals surface area contributed by atoms with E-state index in [0.717, 1.165) is 5.56 Å². The molecule has 0 atom stereocenters. The summed E-state index contributed by atoms with van der Waals surface area (Å²) in [7, 11) is 0. The molecule has 1 aromatic carbocycles. The van der Waals surface area contributed by atoms with Crippen LogP contribution in [-0.2, 0) is 11.2 Å². The maximum absolute atomic E-state index is 11.8. The second-order valence-electron chi connectivity index (χ2n) is 4.11. The number of benzene rings is 1. The van der Waals surface area contributed by atoms with Crippen LogP contribution in [0.4, 0.5) is 0 Å². The number of esters is 1. The lowest BCUT2D eigenvalue weighted by molar-refractivity contribution is 0.0524. The Morgan fingerprint density at radius 3 is 2.70 bits per heavy atom. The number of hydrogen-bond donors (Lipinski definition) is 0. The Kier molecular flexibility index (Phi) is 4.69. The molecular weight excluding hydrogens is 276 g/mol. The first kappa shape index (κ1) is 14.5. The maximum atomic E-state index is 11.8. The minimum atomic E-state index is -0.393. The van der Waals surface area contributed by atoms with Crippen molar-refractivity contribution in [2.45, 2.75) is 20.3 Å². The first-order valence-electron chi connectivity index (χ1n) is 6.45. The van der Waals surface area contributed by atoms with Crippen LogP contribution in [-0.4, -0.2) is 22.5 Å². The lowest BCUT2D eigenvalue weighted by Gasteiger charge is -2.09. The molecule has 1 heterocycles. The van der Waals surface area contributed by atoms with Crippen molar-refractivity contribution in [1.82, 2.24) is 9.97 Å². The minimum Gasteiger partial charge on any atom is -0.462 e. The van der Waals surface area contributed by atoms with Crippen LogP contribution in [0.1, 0.15) is 29.9 Å². The SMILES string of the molecule is CCOC(=O)c1cnc(-c2ccccc2Cl)nc1CC. The Morgan fingerprint density at radius 1 is 1.30 bits per heavy atom. The van der Waals surface area contributed by atoms with Gasteiger partial charge in [-0.1, -0.05) is 30.7 Å². The van der Waals surface area contributed by atoms with Gasteiger partial charge in [-0.2, -0.15) is 0 Å². The number of nitrogens with zero attached hydrogens (tertiary/aromatic N) is 2. The van der Waals surface area contributed by atoms with Gasteiger partial charge in [0.2, 0.25) is 0 Å². The quantitative estimate of drug-likeness (QED) is 0.808. The molecule has 2 rings (SSSR count). The summed E-state index contributed by atoms with van der Waals surface area (Å²) in [5.41, 5.74) is 1.82. The van der Waals surface area contributed by atoms with E-state index in [-0.39, 0.29) is 0 Å². The molecule has 20 heavy (non-hydrogen) atoms. The highest BCUT2D eigenvalue weighted by Crippen LogP contribution is 2.25. The molecule has 4 nitrogen and oxygen atoms in total. The number of rotatable bonds is 4. The average molecular weight is 291 g/mol. The number of hydrogen-bond acceptors (Lipinski definition) is 4. The van der Waals surface area contributed by atoms with Gasteiger partial charge in [-0.25, -0.2) is 14.8 Å². The largest absolute Gasteiger partial charge is 0.462 e. The highest BCUT2D eigenvalue weighted by molar-refractivity contribution is 6.33. The topological polar surface area (TPSA) is 52.1 Å². The Morgan fingerprint density at radius 2 is 2.05 bits per heavy atom. The van der Waals surface area contributed by atoms with Gasteiger partial charge in [0.15, 0.2) is 5.82 Å². The molecule has 0 radical (unpaired) electrons. The summed E-state index contributed by atoms with van der Waals surface area (Å²) < 4.78 is 4.99. The fourth-order valence-corrected chi connectivity index (χ4v) is 2.06. The summed E-state index contributed by atoms with van der Waals surface area (Å²) >= 11 is 6.13. The predicted octanol–water partition coefficient (Wildman–Crippen LogP) is 3.54. The predicted molar refractivity (Wildman–Crippen MR) is 77.8 cm³/mol. The third kappa shape index (κ3) is 2.96. The van der Waals surface area contributed by atoms with Gasteiger partial charge in [-0.05, 0) is 25.5 Å². The number of halogens is 1. The molecule has 0 aliphatic heterocycles. The summed E-state index contributed by atoms with van der Waals surface area (Å²) in [6.07, 6.45) is 2.12. The molecule has 0 spiro atoms. The fourth-order valence-electron chi connectivity index (χ4n) is 1.84. The second kappa shape index (κ2) is 6.48. The van der Waals surface area contributed by atoms with Crippen LogP contribution in [0, 0.1) is 0 Å². The van der Waals surface area contributed by atoms with Crippen molar-refractivity contribution >= 4 is 17.6 Å². The zero-order valence-corrected chi connectivity index (χ0v) is 12.1. The number of aryl methyl sites for hydroxylation is 1. The van der Waals surface area contributed by atoms with Gasteiger partial charge in [0.25, 0.3) is 0 Å². The monoisotopic (exact) mass is 290 g/mol. The molecule has 0 fully saturated rings. The van der Waals surface area contributed by atoms with Gasteiger partial charge < -0.3 is 4.74 Å². The third-order valence-electron chi connectivity index (χ3n) is 2.81. The molecule has 0 saturated heterocycles. The van der Waals surface area contributed by atoms with E-state index in [1.807, 2.05) is 25.1 Å². The van der Waals surface area contributed by atoms with Gasteiger partial charge in [0, 0.05) is 11.8 Å². The standard InChI is InChI=1S/C15H15ClN2O2/c1-3-13-11(15(19)20-4-2)9-17-14(18-13)10-7-5-6-8-12(10)16/h5-9H,3-4H2,1-2H3. The summed E-state index contributed by atoms with van der Waals surface area (Å²) in [4.78, 5) is 20.5. The number of ether oxygens (including phenoxy) is 1. The van der Waals surface area contributed by atoms with Crippen molar-refractivity contribution in [2.24, 2.45) is 0 Å². The Hall–Kier alpha value is -1.94. The summed E-state index contributed by atoms with van der Waals surface area (Å²) in [6, 6.07) is 7.35. The molecule has 0 aliphatic carbocycles. The van der Waals surface area contributed by atoms with Gasteiger partial charge in [0.1, 0.15) is 0 Å². The third-order valence-corrected chi connectivity index (χ3v) is 3.14. The zero-order chi connectivity index (χ0) is 14.5. The van der Waals surface area contributed by atoms with Crippen LogP contribution in [0.15, 0.2) is 30.5 Å². The summed E-state index contributed by atoms with van der Waals surface area (Å²) in [5, 5.41) is 0.582. The van der Waals surface area contributed by atoms with E-state index < -0.39 is 5.97 Å². The fraction of sp³-hybridized carbons (Fsp3) is 0.267. The first-order chi connectivity index (χ1) is 9.67. The molecular formula is C15H15ClN2O2. The molecule has 2 aromatic rings. The van der Waals surface area contributed by atoms with Crippen molar-refractivity contribution in [3.05, 3.63) is 46.7 Å². The zero-order valence-electron chi connectivity index (χ0n) is 11.4. The minimum absolute atomic E-state index is 0.328. The van der Waals surface area contributed by atoms with E-state index in [9.17, 15) is 4.79 Å². The maximum Gasteiger partial charge on any atom is 0.341 e. The van der Waals surface area contributed by atoms with Crippen LogP contribution in [0.3, 0.4) is 0 Å². The Balaban J connectivity index is 2.45. The van der Waals surface area contributed by atoms with Crippen LogP contribution >= 0.6 is 11.6 Å². The molecule has 0 N–H and O–H groups in total. The van der Waals surface area contributed by atoms with Crippen molar-refractivity contribution in [1.29, 1.82) is 0 Å². The summed E-state index contributed by atoms with van der Waals surface area (Å²) in [6.45, 7) is 4.03. The van der Waals surface area contributed by atoms with Crippen molar-refractivity contribution in [2.75, 3.05) is 6.61 Å². The second-order valence-corrected chi connectivity index (χ2v) is 4.52. The molecule has 0 unspecified atom stereocenters. The van der Waals surface area contributed by atoms with E-state index in [2.05, 4.69) is 9.97 Å². The van der Waals surface area contributed by atoms with E-state index in [1.54, 1.807) is 13.0 Å². The van der Waals surface area contributed by atoms with Gasteiger partial charge >= 0.3 is 5.97 Å². The van der Waals surface area contributed by atoms with Crippen molar-refractivity contribution in [3.8, 4) is 11.4 Å². The van der Waals surface area contributed by atoms with Crippen LogP contribution < -0.4 is 0 Å². The van der Waals surface area contributed by atoms with Gasteiger partial charge in [-0.3, -0.25) is 0 Å². The number of carbonyl (C=O) groups is 1. The highest BCUT2D eigenvalue weighted by Gasteiger charge is 2.15. The van der Waals surface area contributed by atoms with E-state index in [4.69, 9.17) is 16.3 Å². The lowest BCUT2D eigenvalue weighted by atomic mass is 10.1. The van der Waals surface area contributed by atoms with E-state index >= 15 is 0 Å². The van der Waals surface area contributed by atoms with E-state index in [1.165, 1.54) is 6.20 Å². The molecule has 104 valence electrons. The van der Waals surface area contributed by atoms with Crippen molar-refractivity contribution < 1.29 is 9.53 Å². The van der Waals surface area contributed by atoms with Crippen molar-refractivity contribution in [3.63, 3.8) is 0 Å². The highest BCUT2D eigenvalue weighted by atomic mass is 35.5. The molecule has 5 heteroatoms. The molecule has 0 aliphatic rings. The van der Waals surface area contributed by atoms with Crippen LogP contribution in [0.25, 0.3) is 11.4 Å². The van der Waals surface area contributed by atoms with Crippen LogP contribution in [0.2, 0.25) is 5.02 Å². The molecule has 0 bridgehead atoms. The Bertz CT molecular complexity index is 629. The molecule has 1 aromatic heterocycles. The normalized spacial score (nSPS) is 10.3. The van der Waals surface area contributed by atoms with Gasteiger partial charge in [0.05, 0.1) is 22.9 Å². The molecule has 0 amide bonds. The summed E-state index contributed by atoms with van der Waals surface area (Å²) in [5.74, 6) is 0.121. The number of aromatic nitrogens is 2. The Labute approximate surface area is 122 Å². The van der Waals surface area contributed by atoms with E-state index in [0.29, 0.717) is 35.1 Å².